The van der Waals surface area contributed by atoms with E-state index in [2.05, 4.69) is 10.7 Å². The highest BCUT2D eigenvalue weighted by atomic mass is 16.5. The summed E-state index contributed by atoms with van der Waals surface area (Å²) in [5.74, 6) is 1.49. The normalized spacial score (nSPS) is 17.3. The van der Waals surface area contributed by atoms with Gasteiger partial charge in [0.2, 0.25) is 0 Å². The topological polar surface area (TPSA) is 46.6 Å². The van der Waals surface area contributed by atoms with Gasteiger partial charge in [0.05, 0.1) is 13.0 Å². The van der Waals surface area contributed by atoms with Crippen LogP contribution in [0.2, 0.25) is 0 Å². The van der Waals surface area contributed by atoms with Crippen molar-refractivity contribution in [1.82, 2.24) is 4.90 Å². The molecule has 1 rings (SSSR count). The van der Waals surface area contributed by atoms with Gasteiger partial charge in [-0.2, -0.15) is 0 Å². The summed E-state index contributed by atoms with van der Waals surface area (Å²) >= 11 is 0. The van der Waals surface area contributed by atoms with E-state index in [0.717, 1.165) is 0 Å². The van der Waals surface area contributed by atoms with Gasteiger partial charge in [0.25, 0.3) is 5.91 Å². The Labute approximate surface area is 83.2 Å². The number of carbonyl (C=O) groups excluding carboxylic acids is 2. The van der Waals surface area contributed by atoms with Gasteiger partial charge in [-0.15, -0.1) is 6.42 Å². The minimum atomic E-state index is -0.298. The van der Waals surface area contributed by atoms with Crippen LogP contribution in [-0.4, -0.2) is 37.0 Å². The van der Waals surface area contributed by atoms with Crippen LogP contribution >= 0.6 is 0 Å². The van der Waals surface area contributed by atoms with E-state index < -0.39 is 0 Å². The van der Waals surface area contributed by atoms with Gasteiger partial charge in [-0.3, -0.25) is 9.59 Å². The van der Waals surface area contributed by atoms with Crippen molar-refractivity contribution in [3.05, 3.63) is 0 Å². The fraction of sp³-hybridized carbons (Fsp3) is 0.600. The summed E-state index contributed by atoms with van der Waals surface area (Å²) in [6.07, 6.45) is 6.27. The van der Waals surface area contributed by atoms with Gasteiger partial charge >= 0.3 is 5.97 Å². The maximum atomic E-state index is 11.1. The lowest BCUT2D eigenvalue weighted by Gasteiger charge is -2.29. The lowest BCUT2D eigenvalue weighted by atomic mass is 9.97. The highest BCUT2D eigenvalue weighted by Crippen LogP contribution is 2.18. The minimum Gasteiger partial charge on any atom is -0.469 e. The maximum Gasteiger partial charge on any atom is 0.308 e. The molecule has 0 aromatic rings. The van der Waals surface area contributed by atoms with Gasteiger partial charge in [0.1, 0.15) is 0 Å². The Kier molecular flexibility index (Phi) is 3.52. The summed E-state index contributed by atoms with van der Waals surface area (Å²) in [4.78, 5) is 23.8. The Balaban J connectivity index is 2.43. The minimum absolute atomic E-state index is 0.0816. The van der Waals surface area contributed by atoms with Crippen molar-refractivity contribution in [2.45, 2.75) is 12.8 Å². The van der Waals surface area contributed by atoms with Crippen molar-refractivity contribution in [2.75, 3.05) is 20.2 Å². The molecule has 0 radical (unpaired) electrons. The molecule has 1 amide bonds. The molecule has 0 spiro atoms. The van der Waals surface area contributed by atoms with E-state index in [1.54, 1.807) is 4.90 Å². The summed E-state index contributed by atoms with van der Waals surface area (Å²) in [7, 11) is 1.38. The number of hydrogen-bond acceptors (Lipinski definition) is 3. The Hall–Kier alpha value is -1.50. The van der Waals surface area contributed by atoms with Crippen molar-refractivity contribution >= 4 is 11.9 Å². The second-order valence-electron chi connectivity index (χ2n) is 3.23. The number of piperidine rings is 1. The fourth-order valence-electron chi connectivity index (χ4n) is 1.58. The molecule has 76 valence electrons. The Bertz CT molecular complexity index is 272. The Morgan fingerprint density at radius 1 is 1.43 bits per heavy atom. The van der Waals surface area contributed by atoms with Crippen LogP contribution in [0.15, 0.2) is 0 Å². The van der Waals surface area contributed by atoms with Crippen molar-refractivity contribution < 1.29 is 14.3 Å². The highest BCUT2D eigenvalue weighted by Gasteiger charge is 2.26. The first-order valence-corrected chi connectivity index (χ1v) is 4.52. The maximum absolute atomic E-state index is 11.1. The van der Waals surface area contributed by atoms with E-state index in [-0.39, 0.29) is 17.8 Å². The van der Waals surface area contributed by atoms with Gasteiger partial charge < -0.3 is 9.64 Å². The molecule has 0 unspecified atom stereocenters. The number of amides is 1. The summed E-state index contributed by atoms with van der Waals surface area (Å²) < 4.78 is 4.63. The SMILES string of the molecule is C#CC(=O)N1CCC(C(=O)OC)CC1. The van der Waals surface area contributed by atoms with Gasteiger partial charge in [-0.25, -0.2) is 0 Å². The number of methoxy groups -OCH3 is 1. The molecule has 4 nitrogen and oxygen atoms in total. The van der Waals surface area contributed by atoms with Crippen LogP contribution < -0.4 is 0 Å². The zero-order valence-corrected chi connectivity index (χ0v) is 8.16. The molecule has 1 aliphatic rings. The van der Waals surface area contributed by atoms with Crippen LogP contribution in [0.3, 0.4) is 0 Å². The molecule has 1 fully saturated rings. The molecule has 0 bridgehead atoms. The summed E-state index contributed by atoms with van der Waals surface area (Å²) in [6.45, 7) is 1.09. The van der Waals surface area contributed by atoms with Crippen molar-refractivity contribution in [2.24, 2.45) is 5.92 Å². The smallest absolute Gasteiger partial charge is 0.308 e. The van der Waals surface area contributed by atoms with Crippen LogP contribution in [0.1, 0.15) is 12.8 Å². The third-order valence-corrected chi connectivity index (χ3v) is 2.44. The molecule has 1 saturated heterocycles. The Morgan fingerprint density at radius 2 is 2.00 bits per heavy atom. The molecule has 4 heteroatoms. The van der Waals surface area contributed by atoms with Crippen molar-refractivity contribution in [3.8, 4) is 12.3 Å². The standard InChI is InChI=1S/C10H13NO3/c1-3-9(12)11-6-4-8(5-7-11)10(13)14-2/h1,8H,4-7H2,2H3. The highest BCUT2D eigenvalue weighted by molar-refractivity contribution is 5.93. The lowest BCUT2D eigenvalue weighted by Crippen LogP contribution is -2.39. The number of esters is 1. The molecule has 0 atom stereocenters. The Morgan fingerprint density at radius 3 is 2.43 bits per heavy atom. The number of hydrogen-bond donors (Lipinski definition) is 0. The monoisotopic (exact) mass is 195 g/mol. The summed E-state index contributed by atoms with van der Waals surface area (Å²) in [5, 5.41) is 0. The van der Waals surface area contributed by atoms with Gasteiger partial charge in [0.15, 0.2) is 0 Å². The summed E-state index contributed by atoms with van der Waals surface area (Å²) in [5.41, 5.74) is 0. The molecule has 0 saturated carbocycles. The van der Waals surface area contributed by atoms with Crippen molar-refractivity contribution in [1.29, 1.82) is 0 Å². The molecular weight excluding hydrogens is 182 g/mol. The molecular formula is C10H13NO3. The van der Waals surface area contributed by atoms with Gasteiger partial charge in [-0.1, -0.05) is 0 Å². The molecule has 1 aliphatic heterocycles. The van der Waals surface area contributed by atoms with E-state index >= 15 is 0 Å². The second-order valence-corrected chi connectivity index (χ2v) is 3.23. The predicted molar refractivity (Wildman–Crippen MR) is 50.2 cm³/mol. The second kappa shape index (κ2) is 4.66. The van der Waals surface area contributed by atoms with E-state index in [9.17, 15) is 9.59 Å². The number of likely N-dealkylation sites (tertiary alicyclic amines) is 1. The average molecular weight is 195 g/mol. The molecule has 0 aromatic heterocycles. The predicted octanol–water partition coefficient (Wildman–Crippen LogP) is 0.0312. The average Bonchev–Trinajstić information content (AvgIpc) is 2.27. The zero-order valence-electron chi connectivity index (χ0n) is 8.16. The van der Waals surface area contributed by atoms with E-state index in [1.807, 2.05) is 0 Å². The van der Waals surface area contributed by atoms with E-state index in [0.29, 0.717) is 25.9 Å². The lowest BCUT2D eigenvalue weighted by molar-refractivity contribution is -0.148. The third-order valence-electron chi connectivity index (χ3n) is 2.44. The first kappa shape index (κ1) is 10.6. The third kappa shape index (κ3) is 2.25. The van der Waals surface area contributed by atoms with Crippen molar-refractivity contribution in [3.63, 3.8) is 0 Å². The summed E-state index contributed by atoms with van der Waals surface area (Å²) in [6, 6.07) is 0. The quantitative estimate of drug-likeness (QED) is 0.438. The number of ether oxygens (including phenoxy) is 1. The van der Waals surface area contributed by atoms with Crippen LogP contribution in [0.5, 0.6) is 0 Å². The largest absolute Gasteiger partial charge is 0.469 e. The van der Waals surface area contributed by atoms with Crippen LogP contribution in [-0.2, 0) is 14.3 Å². The molecule has 0 N–H and O–H groups in total. The van der Waals surface area contributed by atoms with Gasteiger partial charge in [-0.05, 0) is 18.8 Å². The zero-order chi connectivity index (χ0) is 10.6. The fourth-order valence-corrected chi connectivity index (χ4v) is 1.58. The number of rotatable bonds is 1. The first-order chi connectivity index (χ1) is 6.69. The number of nitrogens with zero attached hydrogens (tertiary/aromatic N) is 1. The van der Waals surface area contributed by atoms with Gasteiger partial charge in [0, 0.05) is 13.1 Å². The van der Waals surface area contributed by atoms with E-state index in [4.69, 9.17) is 6.42 Å². The molecule has 14 heavy (non-hydrogen) atoms. The van der Waals surface area contributed by atoms with E-state index in [1.165, 1.54) is 7.11 Å². The number of carbonyl (C=O) groups is 2. The first-order valence-electron chi connectivity index (χ1n) is 4.52. The number of terminal acetylenes is 1. The van der Waals surface area contributed by atoms with Crippen LogP contribution in [0, 0.1) is 18.3 Å². The van der Waals surface area contributed by atoms with Crippen LogP contribution in [0.4, 0.5) is 0 Å². The molecule has 1 heterocycles. The molecule has 0 aliphatic carbocycles. The molecule has 0 aromatic carbocycles. The van der Waals surface area contributed by atoms with Crippen LogP contribution in [0.25, 0.3) is 0 Å².